The molecule has 134 valence electrons. The summed E-state index contributed by atoms with van der Waals surface area (Å²) in [6.45, 7) is 9.17. The van der Waals surface area contributed by atoms with Crippen LogP contribution in [0.2, 0.25) is 0 Å². The van der Waals surface area contributed by atoms with Crippen molar-refractivity contribution in [3.63, 3.8) is 0 Å². The van der Waals surface area contributed by atoms with E-state index < -0.39 is 5.44 Å². The topological polar surface area (TPSA) is 44.5 Å². The molecule has 2 bridgehead atoms. The van der Waals surface area contributed by atoms with E-state index in [1.807, 2.05) is 12.1 Å². The predicted molar refractivity (Wildman–Crippen MR) is 95.4 cm³/mol. The third-order valence-corrected chi connectivity index (χ3v) is 8.30. The molecule has 0 aromatic heterocycles. The zero-order chi connectivity index (χ0) is 17.8. The standard InChI is InChI=1S/C20H27BFNO2/c1-17(2)13-9-16(17)19(4)18(3,10-13)24-21(25-19)20(23)11-15(20)12-5-7-14(22)8-6-12/h5-8,13,15-16H,9-11,23H2,1-4H3/t13-,15-,16-,18+,19-,20?/m0/s1. The van der Waals surface area contributed by atoms with Crippen molar-refractivity contribution in [3.8, 4) is 0 Å². The quantitative estimate of drug-likeness (QED) is 0.834. The first-order valence-electron chi connectivity index (χ1n) is 9.50. The largest absolute Gasteiger partial charge is 0.479 e. The molecule has 0 spiro atoms. The lowest BCUT2D eigenvalue weighted by Crippen LogP contribution is -2.70. The molecule has 3 nitrogen and oxygen atoms in total. The Morgan fingerprint density at radius 2 is 1.76 bits per heavy atom. The van der Waals surface area contributed by atoms with E-state index in [0.717, 1.165) is 18.4 Å². The van der Waals surface area contributed by atoms with E-state index in [1.54, 1.807) is 0 Å². The predicted octanol–water partition coefficient (Wildman–Crippen LogP) is 3.67. The molecule has 0 radical (unpaired) electrons. The smallest absolute Gasteiger partial charge is 0.402 e. The summed E-state index contributed by atoms with van der Waals surface area (Å²) < 4.78 is 26.4. The number of nitrogens with two attached hydrogens (primary N) is 1. The van der Waals surface area contributed by atoms with Crippen LogP contribution in [0.4, 0.5) is 4.39 Å². The SMILES string of the molecule is CC1(C)[C@H]2C[C@@H]1[C@]1(C)OB(C3(N)C[C@H]3c3ccc(F)cc3)O[C@]1(C)C2. The molecule has 0 amide bonds. The van der Waals surface area contributed by atoms with Gasteiger partial charge in [0.2, 0.25) is 0 Å². The van der Waals surface area contributed by atoms with E-state index in [1.165, 1.54) is 18.6 Å². The van der Waals surface area contributed by atoms with Crippen molar-refractivity contribution >= 4 is 7.12 Å². The maximum atomic E-state index is 13.2. The Bertz CT molecular complexity index is 740. The van der Waals surface area contributed by atoms with Crippen LogP contribution in [0.3, 0.4) is 0 Å². The zero-order valence-electron chi connectivity index (χ0n) is 15.5. The van der Waals surface area contributed by atoms with Crippen LogP contribution >= 0.6 is 0 Å². The molecular formula is C20H27BFNO2. The minimum absolute atomic E-state index is 0.175. The lowest BCUT2D eigenvalue weighted by Gasteiger charge is -2.67. The molecular weight excluding hydrogens is 316 g/mol. The van der Waals surface area contributed by atoms with Gasteiger partial charge in [0.1, 0.15) is 5.82 Å². The van der Waals surface area contributed by atoms with E-state index >= 15 is 0 Å². The van der Waals surface area contributed by atoms with Crippen molar-refractivity contribution in [2.75, 3.05) is 0 Å². The Kier molecular flexibility index (Phi) is 2.93. The van der Waals surface area contributed by atoms with Gasteiger partial charge in [0.15, 0.2) is 0 Å². The van der Waals surface area contributed by atoms with Crippen LogP contribution in [-0.2, 0) is 9.31 Å². The second-order valence-electron chi connectivity index (χ2n) is 9.84. The Balaban J connectivity index is 1.42. The number of hydrogen-bond acceptors (Lipinski definition) is 3. The molecule has 6 rings (SSSR count). The van der Waals surface area contributed by atoms with Crippen LogP contribution in [0.25, 0.3) is 0 Å². The van der Waals surface area contributed by atoms with E-state index in [9.17, 15) is 4.39 Å². The average molecular weight is 343 g/mol. The Hall–Kier alpha value is -0.905. The second kappa shape index (κ2) is 4.49. The molecule has 25 heavy (non-hydrogen) atoms. The van der Waals surface area contributed by atoms with Crippen molar-refractivity contribution in [1.82, 2.24) is 0 Å². The van der Waals surface area contributed by atoms with Gasteiger partial charge in [-0.05, 0) is 68.1 Å². The van der Waals surface area contributed by atoms with Crippen LogP contribution in [0.5, 0.6) is 0 Å². The highest BCUT2D eigenvalue weighted by Gasteiger charge is 2.77. The number of halogens is 1. The highest BCUT2D eigenvalue weighted by Crippen LogP contribution is 2.70. The van der Waals surface area contributed by atoms with Gasteiger partial charge in [-0.3, -0.25) is 0 Å². The van der Waals surface area contributed by atoms with Crippen molar-refractivity contribution < 1.29 is 13.7 Å². The molecule has 5 aliphatic rings. The first-order chi connectivity index (χ1) is 11.6. The molecule has 4 saturated carbocycles. The second-order valence-corrected chi connectivity index (χ2v) is 9.84. The van der Waals surface area contributed by atoms with E-state index in [2.05, 4.69) is 27.7 Å². The lowest BCUT2D eigenvalue weighted by atomic mass is 9.41. The van der Waals surface area contributed by atoms with Crippen LogP contribution in [0.15, 0.2) is 24.3 Å². The third-order valence-electron chi connectivity index (χ3n) is 8.30. The summed E-state index contributed by atoms with van der Waals surface area (Å²) in [6, 6.07) is 6.68. The van der Waals surface area contributed by atoms with E-state index in [4.69, 9.17) is 15.0 Å². The zero-order valence-corrected chi connectivity index (χ0v) is 15.5. The maximum Gasteiger partial charge on any atom is 0.479 e. The fraction of sp³-hybridized carbons (Fsp3) is 0.700. The molecule has 1 unspecified atom stereocenters. The van der Waals surface area contributed by atoms with Crippen molar-refractivity contribution in [2.45, 2.75) is 69.5 Å². The molecule has 5 heteroatoms. The fourth-order valence-corrected chi connectivity index (χ4v) is 6.09. The summed E-state index contributed by atoms with van der Waals surface area (Å²) in [5, 5.41) is 0. The van der Waals surface area contributed by atoms with E-state index in [0.29, 0.717) is 17.3 Å². The summed E-state index contributed by atoms with van der Waals surface area (Å²) >= 11 is 0. The monoisotopic (exact) mass is 343 g/mol. The molecule has 1 saturated heterocycles. The summed E-state index contributed by atoms with van der Waals surface area (Å²) in [5.41, 5.74) is 7.07. The first-order valence-corrected chi connectivity index (χ1v) is 9.50. The minimum Gasteiger partial charge on any atom is -0.402 e. The minimum atomic E-state index is -0.504. The van der Waals surface area contributed by atoms with Crippen molar-refractivity contribution in [3.05, 3.63) is 35.6 Å². The molecule has 6 atom stereocenters. The fourth-order valence-electron chi connectivity index (χ4n) is 6.09. The third kappa shape index (κ3) is 1.87. The van der Waals surface area contributed by atoms with Gasteiger partial charge in [0.05, 0.1) is 16.6 Å². The molecule has 4 aliphatic carbocycles. The van der Waals surface area contributed by atoms with Gasteiger partial charge in [0, 0.05) is 5.92 Å². The van der Waals surface area contributed by atoms with Crippen molar-refractivity contribution in [2.24, 2.45) is 23.0 Å². The van der Waals surface area contributed by atoms with Gasteiger partial charge in [0.25, 0.3) is 0 Å². The highest BCUT2D eigenvalue weighted by molar-refractivity contribution is 6.51. The number of hydrogen-bond donors (Lipinski definition) is 1. The molecule has 1 aromatic rings. The van der Waals surface area contributed by atoms with Crippen molar-refractivity contribution in [1.29, 1.82) is 0 Å². The molecule has 1 aliphatic heterocycles. The maximum absolute atomic E-state index is 13.2. The van der Waals surface area contributed by atoms with Crippen LogP contribution < -0.4 is 5.73 Å². The lowest BCUT2D eigenvalue weighted by molar-refractivity contribution is -0.235. The van der Waals surface area contributed by atoms with Gasteiger partial charge < -0.3 is 15.0 Å². The number of rotatable bonds is 2. The Labute approximate surface area is 149 Å². The summed E-state index contributed by atoms with van der Waals surface area (Å²) in [6.07, 6.45) is 3.10. The van der Waals surface area contributed by atoms with Crippen LogP contribution in [0.1, 0.15) is 58.4 Å². The Morgan fingerprint density at radius 3 is 2.40 bits per heavy atom. The van der Waals surface area contributed by atoms with Crippen LogP contribution in [-0.4, -0.2) is 23.8 Å². The average Bonchev–Trinajstić information content (AvgIpc) is 3.13. The highest BCUT2D eigenvalue weighted by atomic mass is 19.1. The van der Waals surface area contributed by atoms with E-state index in [-0.39, 0.29) is 30.1 Å². The summed E-state index contributed by atoms with van der Waals surface area (Å²) in [5.74, 6) is 1.18. The normalized spacial score (nSPS) is 49.5. The van der Waals surface area contributed by atoms with Gasteiger partial charge in [-0.15, -0.1) is 0 Å². The van der Waals surface area contributed by atoms with Gasteiger partial charge in [-0.25, -0.2) is 4.39 Å². The van der Waals surface area contributed by atoms with Gasteiger partial charge >= 0.3 is 7.12 Å². The number of benzene rings is 1. The first kappa shape index (κ1) is 16.3. The summed E-state index contributed by atoms with van der Waals surface area (Å²) in [4.78, 5) is 0. The molecule has 1 heterocycles. The Morgan fingerprint density at radius 1 is 1.08 bits per heavy atom. The summed E-state index contributed by atoms with van der Waals surface area (Å²) in [7, 11) is -0.382. The molecule has 1 aromatic carbocycles. The van der Waals surface area contributed by atoms with Gasteiger partial charge in [-0.2, -0.15) is 0 Å². The van der Waals surface area contributed by atoms with Gasteiger partial charge in [-0.1, -0.05) is 26.0 Å². The molecule has 2 N–H and O–H groups in total. The van der Waals surface area contributed by atoms with Crippen LogP contribution in [0, 0.1) is 23.1 Å². The molecule has 5 fully saturated rings.